The van der Waals surface area contributed by atoms with Crippen LogP contribution in [0.2, 0.25) is 0 Å². The number of amides is 3. The highest BCUT2D eigenvalue weighted by atomic mass is 32.1. The fourth-order valence-electron chi connectivity index (χ4n) is 2.27. The van der Waals surface area contributed by atoms with Crippen molar-refractivity contribution in [2.45, 2.75) is 20.0 Å². The molecule has 0 aliphatic carbocycles. The van der Waals surface area contributed by atoms with Crippen molar-refractivity contribution in [2.24, 2.45) is 5.73 Å². The number of hydrogen-bond donors (Lipinski definition) is 4. The number of nitrogens with zero attached hydrogens (tertiary/aromatic N) is 1. The number of ether oxygens (including phenoxy) is 2. The van der Waals surface area contributed by atoms with Crippen LogP contribution in [0.15, 0.2) is 6.07 Å². The molecule has 3 amide bonds. The molecule has 0 aliphatic heterocycles. The van der Waals surface area contributed by atoms with Crippen LogP contribution in [0.4, 0.5) is 27.8 Å². The number of aromatic nitrogens is 1. The zero-order valence-electron chi connectivity index (χ0n) is 16.1. The number of halogens is 3. The molecule has 9 nitrogen and oxygen atoms in total. The van der Waals surface area contributed by atoms with Crippen molar-refractivity contribution < 1.29 is 32.2 Å². The Bertz CT molecular complexity index is 925. The first-order valence-corrected chi connectivity index (χ1v) is 9.44. The first-order valence-electron chi connectivity index (χ1n) is 8.66. The van der Waals surface area contributed by atoms with E-state index in [0.29, 0.717) is 31.0 Å². The van der Waals surface area contributed by atoms with Gasteiger partial charge in [-0.25, -0.2) is 22.8 Å². The van der Waals surface area contributed by atoms with E-state index in [0.717, 1.165) is 6.07 Å². The highest BCUT2D eigenvalue weighted by Gasteiger charge is 2.23. The second-order valence-electron chi connectivity index (χ2n) is 5.98. The van der Waals surface area contributed by atoms with E-state index in [-0.39, 0.29) is 22.2 Å². The molecule has 0 saturated heterocycles. The number of hydrogen-bond acceptors (Lipinski definition) is 7. The number of carbonyl (C=O) groups excluding carboxylic acids is 2. The Morgan fingerprint density at radius 2 is 1.97 bits per heavy atom. The van der Waals surface area contributed by atoms with Crippen LogP contribution in [0.3, 0.4) is 0 Å². The molecule has 13 heteroatoms. The molecule has 0 aliphatic rings. The van der Waals surface area contributed by atoms with Gasteiger partial charge in [-0.2, -0.15) is 0 Å². The summed E-state index contributed by atoms with van der Waals surface area (Å²) in [7, 11) is 1.77. The number of benzene rings is 1. The molecule has 2 rings (SSSR count). The van der Waals surface area contributed by atoms with Crippen LogP contribution in [-0.2, 0) is 6.61 Å². The molecule has 164 valence electrons. The van der Waals surface area contributed by atoms with E-state index in [4.69, 9.17) is 15.2 Å². The molecule has 0 unspecified atom stereocenters. The third-order valence-electron chi connectivity index (χ3n) is 3.73. The third-order valence-corrected chi connectivity index (χ3v) is 4.45. The van der Waals surface area contributed by atoms with Gasteiger partial charge >= 0.3 is 12.1 Å². The van der Waals surface area contributed by atoms with Crippen molar-refractivity contribution in [2.75, 3.05) is 25.5 Å². The maximum Gasteiger partial charge on any atom is 0.410 e. The molecule has 1 aromatic heterocycles. The molecular weight excluding hydrogens is 427 g/mol. The summed E-state index contributed by atoms with van der Waals surface area (Å²) in [5, 5.41) is 7.89. The zero-order valence-corrected chi connectivity index (χ0v) is 16.9. The number of nitrogens with two attached hydrogens (primary N) is 1. The van der Waals surface area contributed by atoms with E-state index in [1.807, 2.05) is 0 Å². The first-order chi connectivity index (χ1) is 14.2. The summed E-state index contributed by atoms with van der Waals surface area (Å²) in [6, 6.07) is 0.220. The lowest BCUT2D eigenvalue weighted by molar-refractivity contribution is 0.205. The highest BCUT2D eigenvalue weighted by Crippen LogP contribution is 2.39. The van der Waals surface area contributed by atoms with Gasteiger partial charge in [-0.1, -0.05) is 0 Å². The Hall–Kier alpha value is -3.06. The Kier molecular flexibility index (Phi) is 8.24. The maximum absolute atomic E-state index is 14.0. The van der Waals surface area contributed by atoms with Crippen molar-refractivity contribution >= 4 is 28.7 Å². The molecular formula is C17H20F3N5O4S. The molecule has 0 bridgehead atoms. The van der Waals surface area contributed by atoms with Crippen LogP contribution in [0.25, 0.3) is 0 Å². The van der Waals surface area contributed by atoms with Crippen molar-refractivity contribution in [3.63, 3.8) is 0 Å². The van der Waals surface area contributed by atoms with E-state index in [2.05, 4.69) is 20.3 Å². The molecule has 5 N–H and O–H groups in total. The van der Waals surface area contributed by atoms with Gasteiger partial charge < -0.3 is 25.8 Å². The van der Waals surface area contributed by atoms with E-state index >= 15 is 0 Å². The summed E-state index contributed by atoms with van der Waals surface area (Å²) in [4.78, 5) is 23.1. The van der Waals surface area contributed by atoms with Gasteiger partial charge in [0.05, 0.1) is 5.56 Å². The van der Waals surface area contributed by atoms with Crippen LogP contribution in [0.5, 0.6) is 11.6 Å². The molecule has 0 spiro atoms. The quantitative estimate of drug-likeness (QED) is 0.346. The van der Waals surface area contributed by atoms with Crippen molar-refractivity contribution in [3.8, 4) is 11.6 Å². The van der Waals surface area contributed by atoms with Crippen LogP contribution in [0, 0.1) is 24.4 Å². The van der Waals surface area contributed by atoms with Crippen LogP contribution < -0.4 is 31.2 Å². The van der Waals surface area contributed by atoms with Gasteiger partial charge in [-0.15, -0.1) is 4.37 Å². The van der Waals surface area contributed by atoms with Gasteiger partial charge in [-0.3, -0.25) is 5.32 Å². The molecule has 1 heterocycles. The highest BCUT2D eigenvalue weighted by molar-refractivity contribution is 7.11. The van der Waals surface area contributed by atoms with E-state index in [1.54, 1.807) is 7.05 Å². The number of carbonyl (C=O) groups is 2. The molecule has 0 saturated carbocycles. The minimum absolute atomic E-state index is 0.0223. The minimum atomic E-state index is -1.40. The predicted octanol–water partition coefficient (Wildman–Crippen LogP) is 2.64. The van der Waals surface area contributed by atoms with Gasteiger partial charge in [0.15, 0.2) is 16.6 Å². The SMILES string of the molecule is CNCCCNC(=O)Nc1snc(OCc2c(F)cc(C)c(F)c2F)c1OC(N)=O. The maximum atomic E-state index is 14.0. The lowest BCUT2D eigenvalue weighted by Gasteiger charge is -2.10. The summed E-state index contributed by atoms with van der Waals surface area (Å²) in [6.07, 6.45) is -0.549. The Morgan fingerprint density at radius 3 is 2.63 bits per heavy atom. The lowest BCUT2D eigenvalue weighted by atomic mass is 10.1. The van der Waals surface area contributed by atoms with Crippen LogP contribution >= 0.6 is 11.5 Å². The largest absolute Gasteiger partial charge is 0.469 e. The fourth-order valence-corrected chi connectivity index (χ4v) is 2.93. The number of aryl methyl sites for hydroxylation is 1. The molecule has 2 aromatic rings. The summed E-state index contributed by atoms with van der Waals surface area (Å²) >= 11 is 0.686. The molecule has 0 radical (unpaired) electrons. The number of rotatable bonds is 9. The summed E-state index contributed by atoms with van der Waals surface area (Å²) in [5.74, 6) is -4.33. The smallest absolute Gasteiger partial charge is 0.410 e. The Labute approximate surface area is 173 Å². The monoisotopic (exact) mass is 447 g/mol. The number of nitrogens with one attached hydrogen (secondary N) is 3. The van der Waals surface area contributed by atoms with Crippen molar-refractivity contribution in [1.29, 1.82) is 0 Å². The summed E-state index contributed by atoms with van der Waals surface area (Å²) in [6.45, 7) is 1.54. The van der Waals surface area contributed by atoms with Crippen LogP contribution in [-0.4, -0.2) is 36.6 Å². The lowest BCUT2D eigenvalue weighted by Crippen LogP contribution is -2.30. The second-order valence-corrected chi connectivity index (χ2v) is 6.75. The Balaban J connectivity index is 2.14. The molecule has 0 atom stereocenters. The predicted molar refractivity (Wildman–Crippen MR) is 103 cm³/mol. The minimum Gasteiger partial charge on any atom is -0.469 e. The number of primary amides is 1. The van der Waals surface area contributed by atoms with E-state index in [1.165, 1.54) is 6.92 Å². The van der Waals surface area contributed by atoms with Crippen molar-refractivity contribution in [1.82, 2.24) is 15.0 Å². The van der Waals surface area contributed by atoms with Gasteiger partial charge in [0.1, 0.15) is 12.4 Å². The average molecular weight is 447 g/mol. The fraction of sp³-hybridized carbons (Fsp3) is 0.353. The van der Waals surface area contributed by atoms with Gasteiger partial charge in [0.2, 0.25) is 5.75 Å². The first kappa shape index (κ1) is 23.2. The topological polar surface area (TPSA) is 128 Å². The molecule has 0 fully saturated rings. The summed E-state index contributed by atoms with van der Waals surface area (Å²) in [5.41, 5.74) is 4.14. The van der Waals surface area contributed by atoms with E-state index < -0.39 is 41.7 Å². The van der Waals surface area contributed by atoms with Gasteiger partial charge in [-0.05, 0) is 50.1 Å². The third kappa shape index (κ3) is 5.97. The number of urea groups is 1. The molecule has 1 aromatic carbocycles. The Morgan fingerprint density at radius 1 is 1.23 bits per heavy atom. The van der Waals surface area contributed by atoms with Gasteiger partial charge in [0, 0.05) is 6.54 Å². The normalized spacial score (nSPS) is 10.6. The van der Waals surface area contributed by atoms with Gasteiger partial charge in [0.25, 0.3) is 5.88 Å². The molecule has 30 heavy (non-hydrogen) atoms. The summed E-state index contributed by atoms with van der Waals surface area (Å²) < 4.78 is 55.5. The van der Waals surface area contributed by atoms with E-state index in [9.17, 15) is 22.8 Å². The van der Waals surface area contributed by atoms with Crippen molar-refractivity contribution in [3.05, 3.63) is 34.6 Å². The number of anilines is 1. The average Bonchev–Trinajstić information content (AvgIpc) is 3.04. The standard InChI is InChI=1S/C17H20F3N5O4S/c1-8-6-10(18)9(12(20)11(8)19)7-28-14-13(29-16(21)26)15(30-25-14)24-17(27)23-5-3-4-22-2/h6,22H,3-5,7H2,1-2H3,(H2,21,26)(H2,23,24,27). The zero-order chi connectivity index (χ0) is 22.3. The second kappa shape index (κ2) is 10.6. The van der Waals surface area contributed by atoms with Crippen LogP contribution in [0.1, 0.15) is 17.5 Å².